The molecule has 2 heterocycles. The summed E-state index contributed by atoms with van der Waals surface area (Å²) in [6.45, 7) is 2.40. The molecule has 0 saturated carbocycles. The highest BCUT2D eigenvalue weighted by Crippen LogP contribution is 2.19. The minimum absolute atomic E-state index is 0.0993. The summed E-state index contributed by atoms with van der Waals surface area (Å²) >= 11 is 0. The molecule has 0 aliphatic carbocycles. The lowest BCUT2D eigenvalue weighted by molar-refractivity contribution is 0.0950. The van der Waals surface area contributed by atoms with Crippen LogP contribution in [0.4, 0.5) is 5.95 Å². The molecule has 2 aromatic carbocycles. The topological polar surface area (TPSA) is 58.1 Å². The van der Waals surface area contributed by atoms with Gasteiger partial charge < -0.3 is 10.2 Å². The number of hydrogen-bond donors (Lipinski definition) is 1. The first-order valence-electron chi connectivity index (χ1n) is 9.80. The van der Waals surface area contributed by atoms with E-state index in [1.165, 1.54) is 19.3 Å². The minimum Gasteiger partial charge on any atom is -0.346 e. The molecule has 1 saturated heterocycles. The third-order valence-electron chi connectivity index (χ3n) is 5.02. The summed E-state index contributed by atoms with van der Waals surface area (Å²) in [5, 5.41) is 2.96. The predicted octanol–water partition coefficient (Wildman–Crippen LogP) is 4.06. The Kier molecular flexibility index (Phi) is 5.61. The Hall–Kier alpha value is -3.21. The molecule has 1 aliphatic heterocycles. The third kappa shape index (κ3) is 4.36. The Morgan fingerprint density at radius 3 is 2.36 bits per heavy atom. The lowest BCUT2D eigenvalue weighted by atomic mass is 10.0. The van der Waals surface area contributed by atoms with Gasteiger partial charge in [0.05, 0.1) is 12.2 Å². The lowest BCUT2D eigenvalue weighted by Gasteiger charge is -2.26. The number of nitrogens with zero attached hydrogens (tertiary/aromatic N) is 3. The minimum atomic E-state index is -0.0993. The van der Waals surface area contributed by atoms with E-state index >= 15 is 0 Å². The normalized spacial score (nSPS) is 13.9. The first kappa shape index (κ1) is 18.2. The molecule has 1 aliphatic rings. The van der Waals surface area contributed by atoms with Crippen molar-refractivity contribution in [3.8, 4) is 11.1 Å². The average molecular weight is 372 g/mol. The monoisotopic (exact) mass is 372 g/mol. The molecule has 0 atom stereocenters. The molecule has 0 unspecified atom stereocenters. The van der Waals surface area contributed by atoms with Crippen molar-refractivity contribution in [2.45, 2.75) is 25.8 Å². The van der Waals surface area contributed by atoms with Crippen molar-refractivity contribution < 1.29 is 4.79 Å². The molecule has 1 amide bonds. The van der Waals surface area contributed by atoms with Crippen LogP contribution in [0.5, 0.6) is 0 Å². The number of hydrogen-bond acceptors (Lipinski definition) is 4. The second-order valence-corrected chi connectivity index (χ2v) is 7.02. The summed E-state index contributed by atoms with van der Waals surface area (Å²) in [6.07, 6.45) is 5.41. The number of aromatic nitrogens is 2. The zero-order valence-corrected chi connectivity index (χ0v) is 15.8. The maximum atomic E-state index is 12.5. The molecule has 1 fully saturated rings. The predicted molar refractivity (Wildman–Crippen MR) is 111 cm³/mol. The van der Waals surface area contributed by atoms with E-state index in [0.717, 1.165) is 35.9 Å². The van der Waals surface area contributed by atoms with Crippen molar-refractivity contribution in [3.05, 3.63) is 78.1 Å². The summed E-state index contributed by atoms with van der Waals surface area (Å²) in [6, 6.07) is 19.7. The summed E-state index contributed by atoms with van der Waals surface area (Å²) in [4.78, 5) is 23.7. The maximum absolute atomic E-state index is 12.5. The van der Waals surface area contributed by atoms with Crippen molar-refractivity contribution in [2.24, 2.45) is 0 Å². The number of carbonyl (C=O) groups excluding carboxylic acids is 1. The lowest BCUT2D eigenvalue weighted by Crippen LogP contribution is -2.31. The van der Waals surface area contributed by atoms with E-state index in [4.69, 9.17) is 0 Å². The number of piperidine rings is 1. The third-order valence-corrected chi connectivity index (χ3v) is 5.02. The molecule has 1 N–H and O–H groups in total. The SMILES string of the molecule is O=C(NCc1ccnc(N2CCCCC2)n1)c1ccc(-c2ccccc2)cc1. The van der Waals surface area contributed by atoms with E-state index in [1.807, 2.05) is 48.5 Å². The zero-order chi connectivity index (χ0) is 19.2. The van der Waals surface area contributed by atoms with Gasteiger partial charge in [-0.25, -0.2) is 9.97 Å². The van der Waals surface area contributed by atoms with Crippen molar-refractivity contribution in [1.29, 1.82) is 0 Å². The van der Waals surface area contributed by atoms with Crippen LogP contribution in [0, 0.1) is 0 Å². The summed E-state index contributed by atoms with van der Waals surface area (Å²) in [5.74, 6) is 0.663. The van der Waals surface area contributed by atoms with Crippen LogP contribution in [0.1, 0.15) is 35.3 Å². The average Bonchev–Trinajstić information content (AvgIpc) is 2.79. The fraction of sp³-hybridized carbons (Fsp3) is 0.261. The van der Waals surface area contributed by atoms with Gasteiger partial charge in [-0.2, -0.15) is 0 Å². The van der Waals surface area contributed by atoms with E-state index in [9.17, 15) is 4.79 Å². The van der Waals surface area contributed by atoms with E-state index in [-0.39, 0.29) is 5.91 Å². The maximum Gasteiger partial charge on any atom is 0.251 e. The Balaban J connectivity index is 1.38. The van der Waals surface area contributed by atoms with E-state index < -0.39 is 0 Å². The smallest absolute Gasteiger partial charge is 0.251 e. The highest BCUT2D eigenvalue weighted by Gasteiger charge is 2.14. The molecule has 5 nitrogen and oxygen atoms in total. The molecular weight excluding hydrogens is 348 g/mol. The van der Waals surface area contributed by atoms with Crippen LogP contribution >= 0.6 is 0 Å². The number of nitrogens with one attached hydrogen (secondary N) is 1. The highest BCUT2D eigenvalue weighted by atomic mass is 16.1. The van der Waals surface area contributed by atoms with E-state index in [1.54, 1.807) is 6.20 Å². The van der Waals surface area contributed by atoms with Gasteiger partial charge in [0.2, 0.25) is 5.95 Å². The van der Waals surface area contributed by atoms with Gasteiger partial charge in [-0.3, -0.25) is 4.79 Å². The number of benzene rings is 2. The van der Waals surface area contributed by atoms with Crippen LogP contribution in [-0.2, 0) is 6.54 Å². The quantitative estimate of drug-likeness (QED) is 0.734. The molecule has 5 heteroatoms. The van der Waals surface area contributed by atoms with Gasteiger partial charge >= 0.3 is 0 Å². The Labute approximate surface area is 165 Å². The number of rotatable bonds is 5. The van der Waals surface area contributed by atoms with Crippen molar-refractivity contribution in [1.82, 2.24) is 15.3 Å². The standard InChI is InChI=1S/C23H24N4O/c28-22(20-11-9-19(10-12-20)18-7-3-1-4-8-18)25-17-21-13-14-24-23(26-21)27-15-5-2-6-16-27/h1,3-4,7-14H,2,5-6,15-17H2,(H,25,28). The molecule has 0 spiro atoms. The van der Waals surface area contributed by atoms with Crippen LogP contribution in [0.3, 0.4) is 0 Å². The summed E-state index contributed by atoms with van der Waals surface area (Å²) < 4.78 is 0. The van der Waals surface area contributed by atoms with Crippen LogP contribution in [-0.4, -0.2) is 29.0 Å². The van der Waals surface area contributed by atoms with Gasteiger partial charge in [0.25, 0.3) is 5.91 Å². The van der Waals surface area contributed by atoms with Crippen molar-refractivity contribution in [3.63, 3.8) is 0 Å². The Bertz CT molecular complexity index is 919. The second-order valence-electron chi connectivity index (χ2n) is 7.02. The fourth-order valence-electron chi connectivity index (χ4n) is 3.45. The summed E-state index contributed by atoms with van der Waals surface area (Å²) in [5.41, 5.74) is 3.70. The molecule has 4 rings (SSSR count). The zero-order valence-electron chi connectivity index (χ0n) is 15.8. The van der Waals surface area contributed by atoms with Gasteiger partial charge in [0.1, 0.15) is 0 Å². The van der Waals surface area contributed by atoms with E-state index in [2.05, 4.69) is 32.3 Å². The van der Waals surface area contributed by atoms with Crippen LogP contribution < -0.4 is 10.2 Å². The Morgan fingerprint density at radius 1 is 0.893 bits per heavy atom. The molecule has 3 aromatic rings. The second kappa shape index (κ2) is 8.65. The summed E-state index contributed by atoms with van der Waals surface area (Å²) in [7, 11) is 0. The van der Waals surface area contributed by atoms with Crippen LogP contribution in [0.15, 0.2) is 66.9 Å². The fourth-order valence-corrected chi connectivity index (χ4v) is 3.45. The van der Waals surface area contributed by atoms with Gasteiger partial charge in [0, 0.05) is 24.8 Å². The largest absolute Gasteiger partial charge is 0.346 e. The molecular formula is C23H24N4O. The Morgan fingerprint density at radius 2 is 1.61 bits per heavy atom. The van der Waals surface area contributed by atoms with Gasteiger partial charge in [-0.15, -0.1) is 0 Å². The first-order chi connectivity index (χ1) is 13.8. The highest BCUT2D eigenvalue weighted by molar-refractivity contribution is 5.94. The molecule has 0 bridgehead atoms. The van der Waals surface area contributed by atoms with Gasteiger partial charge in [0.15, 0.2) is 0 Å². The van der Waals surface area contributed by atoms with Crippen LogP contribution in [0.2, 0.25) is 0 Å². The molecule has 1 aromatic heterocycles. The number of amides is 1. The van der Waals surface area contributed by atoms with Gasteiger partial charge in [-0.1, -0.05) is 42.5 Å². The number of anilines is 1. The van der Waals surface area contributed by atoms with Crippen molar-refractivity contribution in [2.75, 3.05) is 18.0 Å². The first-order valence-corrected chi connectivity index (χ1v) is 9.80. The number of carbonyl (C=O) groups is 1. The molecule has 28 heavy (non-hydrogen) atoms. The van der Waals surface area contributed by atoms with Gasteiger partial charge in [-0.05, 0) is 48.6 Å². The molecule has 142 valence electrons. The van der Waals surface area contributed by atoms with Crippen molar-refractivity contribution >= 4 is 11.9 Å². The van der Waals surface area contributed by atoms with Crippen LogP contribution in [0.25, 0.3) is 11.1 Å². The van der Waals surface area contributed by atoms with E-state index in [0.29, 0.717) is 12.1 Å². The molecule has 0 radical (unpaired) electrons.